The van der Waals surface area contributed by atoms with Crippen LogP contribution in [0.4, 0.5) is 5.69 Å². The molecule has 1 aromatic rings. The summed E-state index contributed by atoms with van der Waals surface area (Å²) in [6, 6.07) is 0. The molecule has 2 heterocycles. The highest BCUT2D eigenvalue weighted by atomic mass is 16.2. The van der Waals surface area contributed by atoms with E-state index in [0.717, 1.165) is 19.4 Å². The van der Waals surface area contributed by atoms with Crippen molar-refractivity contribution in [1.82, 2.24) is 15.5 Å². The van der Waals surface area contributed by atoms with E-state index < -0.39 is 5.54 Å². The number of H-pyrrole nitrogens is 1. The van der Waals surface area contributed by atoms with Gasteiger partial charge in [-0.2, -0.15) is 5.10 Å². The summed E-state index contributed by atoms with van der Waals surface area (Å²) >= 11 is 0. The van der Waals surface area contributed by atoms with Crippen LogP contribution in [0.3, 0.4) is 0 Å². The van der Waals surface area contributed by atoms with Gasteiger partial charge in [-0.15, -0.1) is 0 Å². The number of aromatic nitrogens is 2. The van der Waals surface area contributed by atoms with Crippen LogP contribution in [0.25, 0.3) is 0 Å². The second-order valence-corrected chi connectivity index (χ2v) is 3.80. The predicted octanol–water partition coefficient (Wildman–Crippen LogP) is 0.490. The third-order valence-electron chi connectivity index (χ3n) is 2.63. The molecule has 0 aliphatic carbocycles. The lowest BCUT2D eigenvalue weighted by atomic mass is 9.99. The first-order chi connectivity index (χ1) is 6.71. The molecule has 14 heavy (non-hydrogen) atoms. The lowest BCUT2D eigenvalue weighted by Crippen LogP contribution is -2.47. The highest BCUT2D eigenvalue weighted by molar-refractivity contribution is 5.97. The van der Waals surface area contributed by atoms with Gasteiger partial charge < -0.3 is 10.6 Å². The molecule has 0 radical (unpaired) electrons. The van der Waals surface area contributed by atoms with Gasteiger partial charge >= 0.3 is 0 Å². The molecule has 1 saturated heterocycles. The van der Waals surface area contributed by atoms with E-state index in [1.165, 1.54) is 0 Å². The van der Waals surface area contributed by atoms with Gasteiger partial charge in [0.05, 0.1) is 17.4 Å². The quantitative estimate of drug-likeness (QED) is 0.641. The van der Waals surface area contributed by atoms with E-state index in [1.54, 1.807) is 12.4 Å². The minimum Gasteiger partial charge on any atom is -0.322 e. The number of rotatable bonds is 2. The Bertz CT molecular complexity index is 314. The average Bonchev–Trinajstić information content (AvgIpc) is 2.76. The van der Waals surface area contributed by atoms with Crippen LogP contribution in [0, 0.1) is 0 Å². The molecule has 0 aromatic carbocycles. The first-order valence-electron chi connectivity index (χ1n) is 4.76. The minimum absolute atomic E-state index is 0.0106. The second-order valence-electron chi connectivity index (χ2n) is 3.80. The topological polar surface area (TPSA) is 69.8 Å². The summed E-state index contributed by atoms with van der Waals surface area (Å²) in [5.41, 5.74) is 0.294. The number of carbonyl (C=O) groups is 1. The predicted molar refractivity (Wildman–Crippen MR) is 52.9 cm³/mol. The number of hydrogen-bond donors (Lipinski definition) is 3. The average molecular weight is 194 g/mol. The molecule has 1 amide bonds. The Morgan fingerprint density at radius 1 is 1.71 bits per heavy atom. The molecule has 1 fully saturated rings. The van der Waals surface area contributed by atoms with E-state index in [9.17, 15) is 4.79 Å². The van der Waals surface area contributed by atoms with Crippen molar-refractivity contribution in [3.8, 4) is 0 Å². The maximum absolute atomic E-state index is 11.8. The van der Waals surface area contributed by atoms with Gasteiger partial charge in [-0.3, -0.25) is 9.89 Å². The number of aromatic amines is 1. The fourth-order valence-corrected chi connectivity index (χ4v) is 1.68. The largest absolute Gasteiger partial charge is 0.322 e. The Labute approximate surface area is 82.3 Å². The molecule has 1 aliphatic rings. The molecular formula is C9H14N4O. The van der Waals surface area contributed by atoms with Crippen molar-refractivity contribution >= 4 is 11.6 Å². The van der Waals surface area contributed by atoms with E-state index in [0.29, 0.717) is 5.69 Å². The Morgan fingerprint density at radius 2 is 2.57 bits per heavy atom. The molecule has 76 valence electrons. The van der Waals surface area contributed by atoms with Crippen molar-refractivity contribution in [2.24, 2.45) is 0 Å². The zero-order valence-electron chi connectivity index (χ0n) is 8.13. The molecule has 1 aromatic heterocycles. The Balaban J connectivity index is 2.02. The van der Waals surface area contributed by atoms with Crippen LogP contribution in [0.1, 0.15) is 19.8 Å². The van der Waals surface area contributed by atoms with Gasteiger partial charge in [0, 0.05) is 6.20 Å². The first-order valence-corrected chi connectivity index (χ1v) is 4.76. The van der Waals surface area contributed by atoms with Crippen LogP contribution < -0.4 is 10.6 Å². The summed E-state index contributed by atoms with van der Waals surface area (Å²) in [4.78, 5) is 11.8. The summed E-state index contributed by atoms with van der Waals surface area (Å²) in [5.74, 6) is 0.0106. The van der Waals surface area contributed by atoms with Crippen LogP contribution in [-0.4, -0.2) is 28.2 Å². The Morgan fingerprint density at radius 3 is 3.14 bits per heavy atom. The van der Waals surface area contributed by atoms with Crippen molar-refractivity contribution in [2.75, 3.05) is 11.9 Å². The maximum Gasteiger partial charge on any atom is 0.244 e. The lowest BCUT2D eigenvalue weighted by Gasteiger charge is -2.22. The van der Waals surface area contributed by atoms with Crippen molar-refractivity contribution in [1.29, 1.82) is 0 Å². The summed E-state index contributed by atoms with van der Waals surface area (Å²) in [7, 11) is 0. The van der Waals surface area contributed by atoms with Crippen LogP contribution in [0.2, 0.25) is 0 Å². The summed E-state index contributed by atoms with van der Waals surface area (Å²) in [5, 5.41) is 12.4. The van der Waals surface area contributed by atoms with Crippen molar-refractivity contribution in [3.05, 3.63) is 12.4 Å². The number of nitrogens with zero attached hydrogens (tertiary/aromatic N) is 1. The van der Waals surface area contributed by atoms with E-state index >= 15 is 0 Å². The fourth-order valence-electron chi connectivity index (χ4n) is 1.68. The molecule has 1 atom stereocenters. The molecule has 1 unspecified atom stereocenters. The smallest absolute Gasteiger partial charge is 0.244 e. The summed E-state index contributed by atoms with van der Waals surface area (Å²) in [6.07, 6.45) is 5.19. The third-order valence-corrected chi connectivity index (χ3v) is 2.63. The zero-order valence-corrected chi connectivity index (χ0v) is 8.13. The molecule has 0 bridgehead atoms. The molecule has 0 saturated carbocycles. The maximum atomic E-state index is 11.8. The minimum atomic E-state index is -0.419. The number of carbonyl (C=O) groups excluding carboxylic acids is 1. The van der Waals surface area contributed by atoms with Gasteiger partial charge in [0.25, 0.3) is 0 Å². The standard InChI is InChI=1S/C9H14N4O/c1-9(3-2-4-10-9)8(14)13-7-5-11-12-6-7/h5-6,10H,2-4H2,1H3,(H,11,12)(H,13,14). The SMILES string of the molecule is CC1(C(=O)Nc2cn[nH]c2)CCCN1. The second kappa shape index (κ2) is 3.42. The number of anilines is 1. The monoisotopic (exact) mass is 194 g/mol. The van der Waals surface area contributed by atoms with E-state index in [4.69, 9.17) is 0 Å². The number of hydrogen-bond acceptors (Lipinski definition) is 3. The zero-order chi connectivity index (χ0) is 10.0. The van der Waals surface area contributed by atoms with Crippen molar-refractivity contribution in [2.45, 2.75) is 25.3 Å². The van der Waals surface area contributed by atoms with Crippen molar-refractivity contribution < 1.29 is 4.79 Å². The van der Waals surface area contributed by atoms with Crippen LogP contribution in [0.15, 0.2) is 12.4 Å². The molecular weight excluding hydrogens is 180 g/mol. The van der Waals surface area contributed by atoms with E-state index in [-0.39, 0.29) is 5.91 Å². The number of nitrogens with one attached hydrogen (secondary N) is 3. The highest BCUT2D eigenvalue weighted by Crippen LogP contribution is 2.20. The fraction of sp³-hybridized carbons (Fsp3) is 0.556. The van der Waals surface area contributed by atoms with E-state index in [2.05, 4.69) is 20.8 Å². The van der Waals surface area contributed by atoms with Crippen molar-refractivity contribution in [3.63, 3.8) is 0 Å². The molecule has 1 aliphatic heterocycles. The molecule has 5 heteroatoms. The molecule has 2 rings (SSSR count). The van der Waals surface area contributed by atoms with Crippen LogP contribution in [0.5, 0.6) is 0 Å². The van der Waals surface area contributed by atoms with Crippen LogP contribution >= 0.6 is 0 Å². The van der Waals surface area contributed by atoms with E-state index in [1.807, 2.05) is 6.92 Å². The molecule has 5 nitrogen and oxygen atoms in total. The third kappa shape index (κ3) is 1.63. The van der Waals surface area contributed by atoms with Gasteiger partial charge in [0.2, 0.25) is 5.91 Å². The van der Waals surface area contributed by atoms with Crippen LogP contribution in [-0.2, 0) is 4.79 Å². The molecule has 0 spiro atoms. The highest BCUT2D eigenvalue weighted by Gasteiger charge is 2.35. The summed E-state index contributed by atoms with van der Waals surface area (Å²) in [6.45, 7) is 2.84. The Hall–Kier alpha value is -1.36. The summed E-state index contributed by atoms with van der Waals surface area (Å²) < 4.78 is 0. The number of amides is 1. The van der Waals surface area contributed by atoms with Gasteiger partial charge in [0.1, 0.15) is 0 Å². The van der Waals surface area contributed by atoms with Gasteiger partial charge in [0.15, 0.2) is 0 Å². The first kappa shape index (κ1) is 9.21. The normalized spacial score (nSPS) is 26.4. The van der Waals surface area contributed by atoms with Gasteiger partial charge in [-0.1, -0.05) is 0 Å². The van der Waals surface area contributed by atoms with Gasteiger partial charge in [-0.25, -0.2) is 0 Å². The molecule has 3 N–H and O–H groups in total. The lowest BCUT2D eigenvalue weighted by molar-refractivity contribution is -0.121. The Kier molecular flexibility index (Phi) is 2.25. The van der Waals surface area contributed by atoms with Gasteiger partial charge in [-0.05, 0) is 26.3 Å².